The van der Waals surface area contributed by atoms with Crippen molar-refractivity contribution in [1.82, 2.24) is 15.3 Å². The molecule has 16 heavy (non-hydrogen) atoms. The van der Waals surface area contributed by atoms with Crippen molar-refractivity contribution in [3.63, 3.8) is 0 Å². The fraction of sp³-hybridized carbons (Fsp3) is 0.333. The molecule has 0 saturated carbocycles. The average Bonchev–Trinajstić information content (AvgIpc) is 2.74. The van der Waals surface area contributed by atoms with Gasteiger partial charge in [0.2, 0.25) is 0 Å². The van der Waals surface area contributed by atoms with Crippen LogP contribution >= 0.6 is 0 Å². The molecule has 2 rings (SSSR count). The Hall–Kier alpha value is -1.68. The first-order valence-electron chi connectivity index (χ1n) is 5.30. The van der Waals surface area contributed by atoms with Crippen LogP contribution in [-0.4, -0.2) is 9.97 Å². The third-order valence-electron chi connectivity index (χ3n) is 2.39. The fourth-order valence-corrected chi connectivity index (χ4v) is 1.47. The van der Waals surface area contributed by atoms with Gasteiger partial charge in [0.25, 0.3) is 0 Å². The van der Waals surface area contributed by atoms with Crippen LogP contribution in [0.2, 0.25) is 0 Å². The van der Waals surface area contributed by atoms with E-state index in [2.05, 4.69) is 22.2 Å². The highest BCUT2D eigenvalue weighted by Gasteiger charge is 2.08. The molecule has 4 nitrogen and oxygen atoms in total. The lowest BCUT2D eigenvalue weighted by molar-refractivity contribution is 0.414. The predicted molar refractivity (Wildman–Crippen MR) is 60.7 cm³/mol. The number of aromatic nitrogens is 2. The van der Waals surface area contributed by atoms with Gasteiger partial charge in [-0.15, -0.1) is 0 Å². The molecule has 0 bridgehead atoms. The fourth-order valence-electron chi connectivity index (χ4n) is 1.47. The van der Waals surface area contributed by atoms with Crippen molar-refractivity contribution < 1.29 is 4.42 Å². The van der Waals surface area contributed by atoms with Gasteiger partial charge in [-0.1, -0.05) is 0 Å². The van der Waals surface area contributed by atoms with Crippen LogP contribution in [0.4, 0.5) is 0 Å². The average molecular weight is 217 g/mol. The van der Waals surface area contributed by atoms with Gasteiger partial charge in [-0.05, 0) is 26.0 Å². The van der Waals surface area contributed by atoms with Crippen molar-refractivity contribution in [3.8, 4) is 0 Å². The lowest BCUT2D eigenvalue weighted by atomic mass is 10.2. The number of aryl methyl sites for hydroxylation is 1. The summed E-state index contributed by atoms with van der Waals surface area (Å²) in [6.45, 7) is 4.70. The van der Waals surface area contributed by atoms with E-state index in [-0.39, 0.29) is 6.04 Å². The van der Waals surface area contributed by atoms with Crippen LogP contribution < -0.4 is 5.32 Å². The molecule has 0 spiro atoms. The van der Waals surface area contributed by atoms with E-state index in [1.165, 1.54) is 0 Å². The molecule has 1 unspecified atom stereocenters. The van der Waals surface area contributed by atoms with Crippen LogP contribution in [0.3, 0.4) is 0 Å². The van der Waals surface area contributed by atoms with Crippen molar-refractivity contribution in [2.24, 2.45) is 0 Å². The third kappa shape index (κ3) is 2.67. The molecule has 4 heteroatoms. The Morgan fingerprint density at radius 3 is 2.88 bits per heavy atom. The summed E-state index contributed by atoms with van der Waals surface area (Å²) >= 11 is 0. The van der Waals surface area contributed by atoms with Crippen molar-refractivity contribution in [2.45, 2.75) is 26.4 Å². The van der Waals surface area contributed by atoms with Crippen molar-refractivity contribution in [3.05, 3.63) is 47.9 Å². The van der Waals surface area contributed by atoms with Crippen LogP contribution in [0.15, 0.2) is 35.1 Å². The second-order valence-electron chi connectivity index (χ2n) is 3.75. The summed E-state index contributed by atoms with van der Waals surface area (Å²) in [5, 5.41) is 3.33. The Labute approximate surface area is 94.7 Å². The van der Waals surface area contributed by atoms with Gasteiger partial charge < -0.3 is 9.73 Å². The number of hydrogen-bond acceptors (Lipinski definition) is 4. The summed E-state index contributed by atoms with van der Waals surface area (Å²) in [6.07, 6.45) is 5.12. The van der Waals surface area contributed by atoms with Crippen LogP contribution in [0, 0.1) is 6.92 Å². The zero-order chi connectivity index (χ0) is 11.4. The van der Waals surface area contributed by atoms with Crippen LogP contribution in [0.5, 0.6) is 0 Å². The summed E-state index contributed by atoms with van der Waals surface area (Å²) in [5.41, 5.74) is 0.928. The minimum Gasteiger partial charge on any atom is -0.465 e. The summed E-state index contributed by atoms with van der Waals surface area (Å²) in [4.78, 5) is 8.21. The first kappa shape index (κ1) is 10.8. The van der Waals surface area contributed by atoms with Gasteiger partial charge in [0, 0.05) is 25.1 Å². The molecule has 2 aromatic rings. The molecule has 1 N–H and O–H groups in total. The highest BCUT2D eigenvalue weighted by atomic mass is 16.3. The Kier molecular flexibility index (Phi) is 3.31. The van der Waals surface area contributed by atoms with Gasteiger partial charge in [-0.2, -0.15) is 0 Å². The molecule has 2 heterocycles. The van der Waals surface area contributed by atoms with E-state index in [0.717, 1.165) is 17.2 Å². The maximum Gasteiger partial charge on any atom is 0.120 e. The van der Waals surface area contributed by atoms with Crippen molar-refractivity contribution in [1.29, 1.82) is 0 Å². The Balaban J connectivity index is 1.91. The number of hydrogen-bond donors (Lipinski definition) is 1. The lowest BCUT2D eigenvalue weighted by Gasteiger charge is -2.10. The quantitative estimate of drug-likeness (QED) is 0.853. The van der Waals surface area contributed by atoms with Gasteiger partial charge in [-0.25, -0.2) is 0 Å². The Morgan fingerprint density at radius 1 is 1.38 bits per heavy atom. The van der Waals surface area contributed by atoms with Crippen LogP contribution in [0.1, 0.15) is 30.2 Å². The molecule has 0 radical (unpaired) electrons. The normalized spacial score (nSPS) is 12.6. The third-order valence-corrected chi connectivity index (χ3v) is 2.39. The molecule has 0 fully saturated rings. The van der Waals surface area contributed by atoms with Gasteiger partial charge in [0.05, 0.1) is 11.7 Å². The number of furan rings is 1. The molecule has 0 aliphatic heterocycles. The topological polar surface area (TPSA) is 51.0 Å². The maximum absolute atomic E-state index is 5.54. The molecule has 0 aromatic carbocycles. The maximum atomic E-state index is 5.54. The zero-order valence-electron chi connectivity index (χ0n) is 9.47. The zero-order valence-corrected chi connectivity index (χ0v) is 9.47. The largest absolute Gasteiger partial charge is 0.465 e. The van der Waals surface area contributed by atoms with E-state index in [0.29, 0.717) is 6.54 Å². The van der Waals surface area contributed by atoms with Crippen molar-refractivity contribution in [2.75, 3.05) is 0 Å². The van der Waals surface area contributed by atoms with Crippen molar-refractivity contribution >= 4 is 0 Å². The minimum absolute atomic E-state index is 0.177. The highest BCUT2D eigenvalue weighted by Crippen LogP contribution is 2.15. The van der Waals surface area contributed by atoms with E-state index in [1.54, 1.807) is 18.6 Å². The smallest absolute Gasteiger partial charge is 0.120 e. The molecular weight excluding hydrogens is 202 g/mol. The summed E-state index contributed by atoms with van der Waals surface area (Å²) in [6, 6.07) is 4.13. The second-order valence-corrected chi connectivity index (χ2v) is 3.75. The molecule has 84 valence electrons. The van der Waals surface area contributed by atoms with Gasteiger partial charge >= 0.3 is 0 Å². The Morgan fingerprint density at radius 2 is 2.25 bits per heavy atom. The van der Waals surface area contributed by atoms with E-state index >= 15 is 0 Å². The summed E-state index contributed by atoms with van der Waals surface area (Å²) in [7, 11) is 0. The molecule has 0 amide bonds. The molecule has 0 aliphatic rings. The minimum atomic E-state index is 0.177. The predicted octanol–water partition coefficient (Wildman–Crippen LogP) is 2.23. The lowest BCUT2D eigenvalue weighted by Crippen LogP contribution is -2.18. The molecule has 0 aliphatic carbocycles. The van der Waals surface area contributed by atoms with Crippen LogP contribution in [-0.2, 0) is 6.54 Å². The number of nitrogens with zero attached hydrogens (tertiary/aromatic N) is 2. The first-order valence-corrected chi connectivity index (χ1v) is 5.30. The SMILES string of the molecule is Cc1ccc(C(C)NCc2cnccn2)o1. The Bertz CT molecular complexity index is 439. The molecular formula is C12H15N3O. The van der Waals surface area contributed by atoms with E-state index < -0.39 is 0 Å². The van der Waals surface area contributed by atoms with E-state index in [4.69, 9.17) is 4.42 Å². The molecule has 2 aromatic heterocycles. The van der Waals surface area contributed by atoms with Gasteiger partial charge in [0.15, 0.2) is 0 Å². The molecule has 0 saturated heterocycles. The first-order chi connectivity index (χ1) is 7.75. The molecule has 1 atom stereocenters. The summed E-state index contributed by atoms with van der Waals surface area (Å²) in [5.74, 6) is 1.88. The highest BCUT2D eigenvalue weighted by molar-refractivity contribution is 5.09. The van der Waals surface area contributed by atoms with Crippen LogP contribution in [0.25, 0.3) is 0 Å². The number of rotatable bonds is 4. The van der Waals surface area contributed by atoms with E-state index in [9.17, 15) is 0 Å². The van der Waals surface area contributed by atoms with Gasteiger partial charge in [-0.3, -0.25) is 9.97 Å². The second kappa shape index (κ2) is 4.90. The standard InChI is InChI=1S/C12H15N3O/c1-9-3-4-12(16-9)10(2)15-8-11-7-13-5-6-14-11/h3-7,10,15H,8H2,1-2H3. The number of nitrogens with one attached hydrogen (secondary N) is 1. The monoisotopic (exact) mass is 217 g/mol. The van der Waals surface area contributed by atoms with Gasteiger partial charge in [0.1, 0.15) is 11.5 Å². The van der Waals surface area contributed by atoms with E-state index in [1.807, 2.05) is 19.1 Å². The summed E-state index contributed by atoms with van der Waals surface area (Å²) < 4.78 is 5.54.